The Morgan fingerprint density at radius 1 is 1.40 bits per heavy atom. The minimum Gasteiger partial charge on any atom is -0.325 e. The van der Waals surface area contributed by atoms with Crippen molar-refractivity contribution in [2.75, 3.05) is 11.1 Å². The normalized spacial score (nSPS) is 11.0. The van der Waals surface area contributed by atoms with E-state index in [9.17, 15) is 14.0 Å². The molecule has 1 N–H and O–H groups in total. The molecule has 0 aliphatic carbocycles. The SMILES string of the molecule is CCn1c(SCC(=O)Nc2ccc(C)c(F)c2)nc2ccsc2c1=O. The quantitative estimate of drug-likeness (QED) is 0.544. The van der Waals surface area contributed by atoms with E-state index in [1.54, 1.807) is 29.7 Å². The van der Waals surface area contributed by atoms with Crippen molar-refractivity contribution in [1.29, 1.82) is 0 Å². The van der Waals surface area contributed by atoms with Crippen LogP contribution in [0.4, 0.5) is 10.1 Å². The van der Waals surface area contributed by atoms with Crippen molar-refractivity contribution in [2.45, 2.75) is 25.5 Å². The van der Waals surface area contributed by atoms with Gasteiger partial charge in [0.1, 0.15) is 10.5 Å². The molecular weight excluding hydrogens is 361 g/mol. The number of fused-ring (bicyclic) bond motifs is 1. The van der Waals surface area contributed by atoms with E-state index in [4.69, 9.17) is 0 Å². The molecule has 1 aromatic carbocycles. The summed E-state index contributed by atoms with van der Waals surface area (Å²) in [7, 11) is 0. The van der Waals surface area contributed by atoms with Gasteiger partial charge in [0.15, 0.2) is 5.16 Å². The molecule has 8 heteroatoms. The van der Waals surface area contributed by atoms with E-state index < -0.39 is 0 Å². The lowest BCUT2D eigenvalue weighted by Gasteiger charge is -2.10. The molecule has 0 saturated carbocycles. The van der Waals surface area contributed by atoms with Crippen molar-refractivity contribution in [1.82, 2.24) is 9.55 Å². The van der Waals surface area contributed by atoms with E-state index in [1.807, 2.05) is 12.3 Å². The molecule has 1 amide bonds. The predicted molar refractivity (Wildman–Crippen MR) is 100 cm³/mol. The van der Waals surface area contributed by atoms with E-state index in [-0.39, 0.29) is 23.0 Å². The van der Waals surface area contributed by atoms with Gasteiger partial charge in [0.05, 0.1) is 11.3 Å². The Balaban J connectivity index is 1.74. The molecule has 0 saturated heterocycles. The van der Waals surface area contributed by atoms with Gasteiger partial charge in [-0.25, -0.2) is 9.37 Å². The van der Waals surface area contributed by atoms with Crippen LogP contribution in [0.1, 0.15) is 12.5 Å². The van der Waals surface area contributed by atoms with Gasteiger partial charge in [0, 0.05) is 12.2 Å². The topological polar surface area (TPSA) is 64.0 Å². The Morgan fingerprint density at radius 3 is 2.92 bits per heavy atom. The molecule has 0 atom stereocenters. The third-order valence-corrected chi connectivity index (χ3v) is 5.50. The molecular formula is C17H16FN3O2S2. The highest BCUT2D eigenvalue weighted by atomic mass is 32.2. The van der Waals surface area contributed by atoms with Gasteiger partial charge in [0.2, 0.25) is 5.91 Å². The van der Waals surface area contributed by atoms with E-state index in [0.29, 0.717) is 33.2 Å². The fourth-order valence-corrected chi connectivity index (χ4v) is 3.95. The molecule has 3 aromatic rings. The summed E-state index contributed by atoms with van der Waals surface area (Å²) in [5, 5.41) is 4.98. The monoisotopic (exact) mass is 377 g/mol. The van der Waals surface area contributed by atoms with Crippen molar-refractivity contribution in [2.24, 2.45) is 0 Å². The molecule has 5 nitrogen and oxygen atoms in total. The predicted octanol–water partition coefficient (Wildman–Crippen LogP) is 3.66. The molecule has 0 bridgehead atoms. The molecule has 25 heavy (non-hydrogen) atoms. The summed E-state index contributed by atoms with van der Waals surface area (Å²) in [6.07, 6.45) is 0. The first-order chi connectivity index (χ1) is 12.0. The number of nitrogens with zero attached hydrogens (tertiary/aromatic N) is 2. The lowest BCUT2D eigenvalue weighted by atomic mass is 10.2. The van der Waals surface area contributed by atoms with Crippen molar-refractivity contribution in [3.05, 3.63) is 51.4 Å². The number of aromatic nitrogens is 2. The molecule has 3 rings (SSSR count). The Labute approximate surface area is 151 Å². The number of nitrogens with one attached hydrogen (secondary N) is 1. The van der Waals surface area contributed by atoms with Crippen LogP contribution in [0.5, 0.6) is 0 Å². The van der Waals surface area contributed by atoms with Crippen LogP contribution < -0.4 is 10.9 Å². The van der Waals surface area contributed by atoms with Gasteiger partial charge in [-0.2, -0.15) is 0 Å². The van der Waals surface area contributed by atoms with E-state index in [2.05, 4.69) is 10.3 Å². The van der Waals surface area contributed by atoms with Crippen LogP contribution in [0.2, 0.25) is 0 Å². The van der Waals surface area contributed by atoms with Crippen molar-refractivity contribution in [3.63, 3.8) is 0 Å². The maximum absolute atomic E-state index is 13.5. The molecule has 0 radical (unpaired) electrons. The first-order valence-electron chi connectivity index (χ1n) is 7.66. The average Bonchev–Trinajstić information content (AvgIpc) is 3.05. The number of benzene rings is 1. The van der Waals surface area contributed by atoms with E-state index in [0.717, 1.165) is 0 Å². The Hall–Kier alpha value is -2.19. The summed E-state index contributed by atoms with van der Waals surface area (Å²) in [6.45, 7) is 4.00. The van der Waals surface area contributed by atoms with Crippen molar-refractivity contribution < 1.29 is 9.18 Å². The number of carbonyl (C=O) groups excluding carboxylic acids is 1. The first-order valence-corrected chi connectivity index (χ1v) is 9.53. The fourth-order valence-electron chi connectivity index (χ4n) is 2.31. The number of hydrogen-bond donors (Lipinski definition) is 1. The molecule has 0 fully saturated rings. The smallest absolute Gasteiger partial charge is 0.272 e. The fraction of sp³-hybridized carbons (Fsp3) is 0.235. The summed E-state index contributed by atoms with van der Waals surface area (Å²) in [4.78, 5) is 29.0. The number of rotatable bonds is 5. The maximum atomic E-state index is 13.5. The third-order valence-electron chi connectivity index (χ3n) is 3.64. The number of thioether (sulfide) groups is 1. The number of aryl methyl sites for hydroxylation is 1. The summed E-state index contributed by atoms with van der Waals surface area (Å²) < 4.78 is 15.7. The molecule has 2 heterocycles. The molecule has 0 spiro atoms. The largest absolute Gasteiger partial charge is 0.325 e. The zero-order valence-corrected chi connectivity index (χ0v) is 15.3. The second-order valence-electron chi connectivity index (χ2n) is 5.38. The second kappa shape index (κ2) is 7.37. The average molecular weight is 377 g/mol. The van der Waals surface area contributed by atoms with Gasteiger partial charge in [-0.05, 0) is 43.0 Å². The summed E-state index contributed by atoms with van der Waals surface area (Å²) in [5.41, 5.74) is 1.48. The molecule has 0 aliphatic heterocycles. The highest BCUT2D eigenvalue weighted by Crippen LogP contribution is 2.21. The molecule has 0 aliphatic rings. The molecule has 130 valence electrons. The van der Waals surface area contributed by atoms with Gasteiger partial charge in [0.25, 0.3) is 5.56 Å². The van der Waals surface area contributed by atoms with Crippen LogP contribution in [0, 0.1) is 12.7 Å². The zero-order chi connectivity index (χ0) is 18.0. The standard InChI is InChI=1S/C17H16FN3O2S2/c1-3-21-16(23)15-13(6-7-24-15)20-17(21)25-9-14(22)19-11-5-4-10(2)12(18)8-11/h4-8H,3,9H2,1-2H3,(H,19,22). The van der Waals surface area contributed by atoms with Crippen molar-refractivity contribution in [3.8, 4) is 0 Å². The van der Waals surface area contributed by atoms with Crippen LogP contribution >= 0.6 is 23.1 Å². The van der Waals surface area contributed by atoms with Crippen LogP contribution in [0.25, 0.3) is 10.2 Å². The number of carbonyl (C=O) groups is 1. The van der Waals surface area contributed by atoms with Crippen LogP contribution in [-0.2, 0) is 11.3 Å². The van der Waals surface area contributed by atoms with E-state index in [1.165, 1.54) is 29.2 Å². The first kappa shape index (κ1) is 17.6. The minimum atomic E-state index is -0.366. The third kappa shape index (κ3) is 3.74. The second-order valence-corrected chi connectivity index (χ2v) is 7.24. The Morgan fingerprint density at radius 2 is 2.20 bits per heavy atom. The van der Waals surface area contributed by atoms with Gasteiger partial charge in [-0.3, -0.25) is 14.2 Å². The van der Waals surface area contributed by atoms with Gasteiger partial charge >= 0.3 is 0 Å². The number of hydrogen-bond acceptors (Lipinski definition) is 5. The van der Waals surface area contributed by atoms with Crippen LogP contribution in [-0.4, -0.2) is 21.2 Å². The number of thiophene rings is 1. The maximum Gasteiger partial charge on any atom is 0.272 e. The Bertz CT molecular complexity index is 997. The number of halogens is 1. The lowest BCUT2D eigenvalue weighted by Crippen LogP contribution is -2.22. The minimum absolute atomic E-state index is 0.0809. The van der Waals surface area contributed by atoms with Gasteiger partial charge in [-0.15, -0.1) is 11.3 Å². The highest BCUT2D eigenvalue weighted by molar-refractivity contribution is 7.99. The lowest BCUT2D eigenvalue weighted by molar-refractivity contribution is -0.113. The van der Waals surface area contributed by atoms with E-state index >= 15 is 0 Å². The summed E-state index contributed by atoms with van der Waals surface area (Å²) in [5.74, 6) is -0.567. The molecule has 2 aromatic heterocycles. The number of anilines is 1. The number of amides is 1. The summed E-state index contributed by atoms with van der Waals surface area (Å²) in [6, 6.07) is 6.34. The van der Waals surface area contributed by atoms with Gasteiger partial charge < -0.3 is 5.32 Å². The van der Waals surface area contributed by atoms with Crippen LogP contribution in [0.3, 0.4) is 0 Å². The highest BCUT2D eigenvalue weighted by Gasteiger charge is 2.13. The summed E-state index contributed by atoms with van der Waals surface area (Å²) >= 11 is 2.55. The van der Waals surface area contributed by atoms with Crippen molar-refractivity contribution >= 4 is 44.9 Å². The van der Waals surface area contributed by atoms with Crippen LogP contribution in [0.15, 0.2) is 39.6 Å². The Kier molecular flexibility index (Phi) is 5.19. The zero-order valence-electron chi connectivity index (χ0n) is 13.7. The molecule has 0 unspecified atom stereocenters. The van der Waals surface area contributed by atoms with Gasteiger partial charge in [-0.1, -0.05) is 17.8 Å².